The standard InChI is InChI=1S/C30H31ClN4O2/c1-21-12-8-9-15-23(21)29(37)34(19-22-13-6-5-7-14-22)20-28(36)32-27-18-26(30(2,3)4)33-35(27)25-17-11-10-16-24(25)31/h5-18H,19-20H2,1-4H3,(H,32,36). The number of anilines is 1. The van der Waals surface area contributed by atoms with Gasteiger partial charge >= 0.3 is 0 Å². The Hall–Kier alpha value is -3.90. The van der Waals surface area contributed by atoms with Gasteiger partial charge in [0, 0.05) is 23.6 Å². The minimum atomic E-state index is -0.327. The Kier molecular flexibility index (Phi) is 7.79. The van der Waals surface area contributed by atoms with Crippen molar-refractivity contribution in [2.75, 3.05) is 11.9 Å². The highest BCUT2D eigenvalue weighted by Crippen LogP contribution is 2.29. The van der Waals surface area contributed by atoms with Crippen LogP contribution in [-0.2, 0) is 16.8 Å². The summed E-state index contributed by atoms with van der Waals surface area (Å²) in [6.07, 6.45) is 0. The summed E-state index contributed by atoms with van der Waals surface area (Å²) >= 11 is 6.46. The molecule has 7 heteroatoms. The van der Waals surface area contributed by atoms with Crippen molar-refractivity contribution in [3.63, 3.8) is 0 Å². The van der Waals surface area contributed by atoms with E-state index in [1.807, 2.05) is 79.7 Å². The number of carbonyl (C=O) groups is 2. The van der Waals surface area contributed by atoms with Gasteiger partial charge in [0.05, 0.1) is 16.4 Å². The number of hydrogen-bond acceptors (Lipinski definition) is 3. The number of para-hydroxylation sites is 1. The van der Waals surface area contributed by atoms with Gasteiger partial charge in [0.2, 0.25) is 5.91 Å². The van der Waals surface area contributed by atoms with Crippen LogP contribution in [0, 0.1) is 6.92 Å². The predicted molar refractivity (Wildman–Crippen MR) is 148 cm³/mol. The number of amides is 2. The van der Waals surface area contributed by atoms with Gasteiger partial charge in [-0.15, -0.1) is 0 Å². The van der Waals surface area contributed by atoms with Crippen molar-refractivity contribution < 1.29 is 9.59 Å². The van der Waals surface area contributed by atoms with Gasteiger partial charge in [-0.3, -0.25) is 9.59 Å². The zero-order valence-corrected chi connectivity index (χ0v) is 22.3. The van der Waals surface area contributed by atoms with E-state index in [0.29, 0.717) is 28.6 Å². The molecule has 4 rings (SSSR count). The van der Waals surface area contributed by atoms with Crippen molar-refractivity contribution in [1.82, 2.24) is 14.7 Å². The summed E-state index contributed by atoms with van der Waals surface area (Å²) < 4.78 is 1.64. The van der Waals surface area contributed by atoms with Crippen LogP contribution in [0.4, 0.5) is 5.82 Å². The van der Waals surface area contributed by atoms with E-state index >= 15 is 0 Å². The second kappa shape index (κ2) is 11.0. The molecule has 1 heterocycles. The zero-order valence-electron chi connectivity index (χ0n) is 21.5. The molecule has 0 bridgehead atoms. The van der Waals surface area contributed by atoms with Gasteiger partial charge in [-0.2, -0.15) is 5.10 Å². The van der Waals surface area contributed by atoms with Gasteiger partial charge in [-0.25, -0.2) is 4.68 Å². The summed E-state index contributed by atoms with van der Waals surface area (Å²) in [6, 6.07) is 26.2. The van der Waals surface area contributed by atoms with E-state index in [0.717, 1.165) is 16.8 Å². The molecule has 0 aliphatic heterocycles. The van der Waals surface area contributed by atoms with Gasteiger partial charge in [0.1, 0.15) is 12.4 Å². The van der Waals surface area contributed by atoms with Crippen molar-refractivity contribution >= 4 is 29.2 Å². The van der Waals surface area contributed by atoms with Crippen LogP contribution < -0.4 is 5.32 Å². The van der Waals surface area contributed by atoms with Crippen LogP contribution in [0.2, 0.25) is 5.02 Å². The first-order chi connectivity index (χ1) is 17.6. The third-order valence-electron chi connectivity index (χ3n) is 6.04. The van der Waals surface area contributed by atoms with Gasteiger partial charge in [0.25, 0.3) is 5.91 Å². The van der Waals surface area contributed by atoms with E-state index in [-0.39, 0.29) is 23.8 Å². The zero-order chi connectivity index (χ0) is 26.6. The quantitative estimate of drug-likeness (QED) is 0.310. The number of benzene rings is 3. The molecule has 0 spiro atoms. The topological polar surface area (TPSA) is 67.2 Å². The number of carbonyl (C=O) groups excluding carboxylic acids is 2. The van der Waals surface area contributed by atoms with E-state index in [1.165, 1.54) is 0 Å². The molecule has 190 valence electrons. The lowest BCUT2D eigenvalue weighted by atomic mass is 9.92. The molecule has 1 N–H and O–H groups in total. The maximum absolute atomic E-state index is 13.5. The molecule has 1 aromatic heterocycles. The molecule has 0 saturated heterocycles. The average molecular weight is 515 g/mol. The molecule has 0 aliphatic rings. The summed E-state index contributed by atoms with van der Waals surface area (Å²) in [5, 5.41) is 8.23. The Balaban J connectivity index is 1.64. The Morgan fingerprint density at radius 1 is 0.946 bits per heavy atom. The molecule has 0 saturated carbocycles. The Morgan fingerprint density at radius 3 is 2.27 bits per heavy atom. The van der Waals surface area contributed by atoms with Crippen LogP contribution in [0.3, 0.4) is 0 Å². The van der Waals surface area contributed by atoms with E-state index in [9.17, 15) is 9.59 Å². The molecular formula is C30H31ClN4O2. The van der Waals surface area contributed by atoms with Crippen LogP contribution >= 0.6 is 11.6 Å². The number of aryl methyl sites for hydroxylation is 1. The van der Waals surface area contributed by atoms with Crippen molar-refractivity contribution in [1.29, 1.82) is 0 Å². The first-order valence-electron chi connectivity index (χ1n) is 12.2. The van der Waals surface area contributed by atoms with Crippen LogP contribution in [-0.4, -0.2) is 33.0 Å². The second-order valence-corrected chi connectivity index (χ2v) is 10.4. The van der Waals surface area contributed by atoms with Crippen LogP contribution in [0.15, 0.2) is 84.9 Å². The Bertz CT molecular complexity index is 1410. The molecule has 2 amide bonds. The summed E-state index contributed by atoms with van der Waals surface area (Å²) in [4.78, 5) is 28.5. The Labute approximate surface area is 222 Å². The van der Waals surface area contributed by atoms with Crippen molar-refractivity contribution in [2.24, 2.45) is 0 Å². The maximum atomic E-state index is 13.5. The van der Waals surface area contributed by atoms with Crippen molar-refractivity contribution in [3.05, 3.63) is 112 Å². The number of hydrogen-bond donors (Lipinski definition) is 1. The van der Waals surface area contributed by atoms with Crippen molar-refractivity contribution in [2.45, 2.75) is 39.7 Å². The minimum absolute atomic E-state index is 0.124. The number of nitrogens with one attached hydrogen (secondary N) is 1. The van der Waals surface area contributed by atoms with Gasteiger partial charge < -0.3 is 10.2 Å². The first kappa shape index (κ1) is 26.2. The van der Waals surface area contributed by atoms with Crippen molar-refractivity contribution in [3.8, 4) is 5.69 Å². The number of aromatic nitrogens is 2. The van der Waals surface area contributed by atoms with E-state index in [2.05, 4.69) is 26.1 Å². The molecular weight excluding hydrogens is 484 g/mol. The van der Waals surface area contributed by atoms with Crippen LogP contribution in [0.25, 0.3) is 5.69 Å². The maximum Gasteiger partial charge on any atom is 0.254 e. The lowest BCUT2D eigenvalue weighted by molar-refractivity contribution is -0.117. The molecule has 0 fully saturated rings. The number of halogens is 1. The fraction of sp³-hybridized carbons (Fsp3) is 0.233. The van der Waals surface area contributed by atoms with E-state index in [1.54, 1.807) is 21.7 Å². The fourth-order valence-electron chi connectivity index (χ4n) is 3.99. The third-order valence-corrected chi connectivity index (χ3v) is 6.36. The molecule has 0 atom stereocenters. The van der Waals surface area contributed by atoms with E-state index < -0.39 is 0 Å². The lowest BCUT2D eigenvalue weighted by Crippen LogP contribution is -2.38. The highest BCUT2D eigenvalue weighted by atomic mass is 35.5. The largest absolute Gasteiger partial charge is 0.325 e. The third kappa shape index (κ3) is 6.27. The summed E-state index contributed by atoms with van der Waals surface area (Å²) in [7, 11) is 0. The van der Waals surface area contributed by atoms with Gasteiger partial charge in [-0.05, 0) is 36.2 Å². The molecule has 0 radical (unpaired) electrons. The number of rotatable bonds is 7. The smallest absolute Gasteiger partial charge is 0.254 e. The van der Waals surface area contributed by atoms with Gasteiger partial charge in [-0.1, -0.05) is 93.0 Å². The average Bonchev–Trinajstić information content (AvgIpc) is 3.28. The van der Waals surface area contributed by atoms with Gasteiger partial charge in [0.15, 0.2) is 0 Å². The molecule has 4 aromatic rings. The summed E-state index contributed by atoms with van der Waals surface area (Å²) in [5.74, 6) is -0.0374. The molecule has 37 heavy (non-hydrogen) atoms. The summed E-state index contributed by atoms with van der Waals surface area (Å²) in [6.45, 7) is 8.24. The minimum Gasteiger partial charge on any atom is -0.325 e. The Morgan fingerprint density at radius 2 is 1.59 bits per heavy atom. The monoisotopic (exact) mass is 514 g/mol. The van der Waals surface area contributed by atoms with Crippen LogP contribution in [0.5, 0.6) is 0 Å². The predicted octanol–water partition coefficient (Wildman–Crippen LogP) is 6.41. The first-order valence-corrected chi connectivity index (χ1v) is 12.6. The summed E-state index contributed by atoms with van der Waals surface area (Å²) in [5.41, 5.74) is 3.59. The second-order valence-electron chi connectivity index (χ2n) is 10.0. The molecule has 0 unspecified atom stereocenters. The molecule has 0 aliphatic carbocycles. The highest BCUT2D eigenvalue weighted by molar-refractivity contribution is 6.32. The van der Waals surface area contributed by atoms with Crippen LogP contribution in [0.1, 0.15) is 48.0 Å². The lowest BCUT2D eigenvalue weighted by Gasteiger charge is -2.23. The normalized spacial score (nSPS) is 11.3. The number of nitrogens with zero attached hydrogens (tertiary/aromatic N) is 3. The SMILES string of the molecule is Cc1ccccc1C(=O)N(CC(=O)Nc1cc(C(C)(C)C)nn1-c1ccccc1Cl)Cc1ccccc1. The fourth-order valence-corrected chi connectivity index (χ4v) is 4.20. The molecule has 3 aromatic carbocycles. The molecule has 6 nitrogen and oxygen atoms in total. The van der Waals surface area contributed by atoms with E-state index in [4.69, 9.17) is 16.7 Å². The highest BCUT2D eigenvalue weighted by Gasteiger charge is 2.24.